The van der Waals surface area contributed by atoms with Gasteiger partial charge in [0.1, 0.15) is 0 Å². The number of anilines is 1. The summed E-state index contributed by atoms with van der Waals surface area (Å²) in [6, 6.07) is 4.31. The molecule has 1 aromatic heterocycles. The Hall–Kier alpha value is -2.12. The fourth-order valence-electron chi connectivity index (χ4n) is 1.98. The van der Waals surface area contributed by atoms with Crippen molar-refractivity contribution in [2.24, 2.45) is 0 Å². The Morgan fingerprint density at radius 3 is 1.91 bits per heavy atom. The molecule has 22 heavy (non-hydrogen) atoms. The molecule has 2 N–H and O–H groups in total. The molecular weight excluding hydrogens is 310 g/mol. The monoisotopic (exact) mass is 322 g/mol. The number of rotatable bonds is 3. The maximum atomic E-state index is 12.7. The van der Waals surface area contributed by atoms with Gasteiger partial charge in [-0.15, -0.1) is 0 Å². The highest BCUT2D eigenvalue weighted by molar-refractivity contribution is 5.51. The van der Waals surface area contributed by atoms with Gasteiger partial charge < -0.3 is 10.3 Å². The number of aromatic nitrogens is 1. The fourth-order valence-corrected chi connectivity index (χ4v) is 1.98. The van der Waals surface area contributed by atoms with Crippen LogP contribution in [-0.4, -0.2) is 4.98 Å². The second-order valence-corrected chi connectivity index (χ2v) is 4.79. The Labute approximate surface area is 122 Å². The number of nitrogens with one attached hydrogen (secondary N) is 2. The summed E-state index contributed by atoms with van der Waals surface area (Å²) in [5, 5.41) is 2.64. The molecule has 0 amide bonds. The lowest BCUT2D eigenvalue weighted by Gasteiger charge is -2.18. The topological polar surface area (TPSA) is 27.8 Å². The van der Waals surface area contributed by atoms with E-state index in [1.807, 2.05) is 0 Å². The van der Waals surface area contributed by atoms with E-state index in [0.29, 0.717) is 17.8 Å². The van der Waals surface area contributed by atoms with E-state index in [2.05, 4.69) is 10.3 Å². The van der Waals surface area contributed by atoms with Crippen LogP contribution in [0.1, 0.15) is 29.8 Å². The molecule has 1 heterocycles. The second kappa shape index (κ2) is 5.58. The van der Waals surface area contributed by atoms with Gasteiger partial charge in [0.25, 0.3) is 0 Å². The van der Waals surface area contributed by atoms with Crippen molar-refractivity contribution < 1.29 is 26.3 Å². The van der Waals surface area contributed by atoms with Gasteiger partial charge in [-0.05, 0) is 37.3 Å². The first kappa shape index (κ1) is 16.3. The van der Waals surface area contributed by atoms with Crippen LogP contribution < -0.4 is 5.32 Å². The van der Waals surface area contributed by atoms with Gasteiger partial charge in [0.05, 0.1) is 17.2 Å². The minimum absolute atomic E-state index is 0.102. The Morgan fingerprint density at radius 2 is 1.50 bits per heavy atom. The van der Waals surface area contributed by atoms with Crippen molar-refractivity contribution in [3.05, 3.63) is 53.3 Å². The Balaban J connectivity index is 2.38. The smallest absolute Gasteiger partial charge is 0.377 e. The predicted octanol–water partition coefficient (Wildman–Crippen LogP) is 5.23. The van der Waals surface area contributed by atoms with Crippen molar-refractivity contribution in [2.75, 3.05) is 5.32 Å². The molecule has 0 aliphatic heterocycles. The molecule has 2 rings (SSSR count). The highest BCUT2D eigenvalue weighted by atomic mass is 19.4. The van der Waals surface area contributed by atoms with Crippen LogP contribution >= 0.6 is 0 Å². The van der Waals surface area contributed by atoms with Crippen LogP contribution in [0.15, 0.2) is 36.5 Å². The Bertz CT molecular complexity index is 596. The van der Waals surface area contributed by atoms with E-state index < -0.39 is 29.5 Å². The van der Waals surface area contributed by atoms with E-state index in [1.165, 1.54) is 0 Å². The van der Waals surface area contributed by atoms with Crippen molar-refractivity contribution in [1.29, 1.82) is 0 Å². The van der Waals surface area contributed by atoms with E-state index in [1.54, 1.807) is 25.3 Å². The van der Waals surface area contributed by atoms with Gasteiger partial charge in [-0.1, -0.05) is 0 Å². The van der Waals surface area contributed by atoms with Gasteiger partial charge in [0.15, 0.2) is 0 Å². The molecule has 0 saturated heterocycles. The van der Waals surface area contributed by atoms with Gasteiger partial charge in [0, 0.05) is 17.6 Å². The van der Waals surface area contributed by atoms with Gasteiger partial charge in [-0.3, -0.25) is 0 Å². The van der Waals surface area contributed by atoms with Gasteiger partial charge in [-0.2, -0.15) is 26.3 Å². The molecule has 8 heteroatoms. The average Bonchev–Trinajstić information content (AvgIpc) is 2.90. The molecular formula is C14H12F6N2. The standard InChI is InChI=1S/C14H12F6N2/c1-8(12-3-2-4-21-12)22-11-6-9(13(15,16)17)5-10(7-11)14(18,19)20/h2-8,21-22H,1H3. The molecule has 1 unspecified atom stereocenters. The number of hydrogen-bond acceptors (Lipinski definition) is 1. The van der Waals surface area contributed by atoms with Crippen LogP contribution in [0, 0.1) is 0 Å². The van der Waals surface area contributed by atoms with Crippen molar-refractivity contribution in [1.82, 2.24) is 4.98 Å². The third-order valence-corrected chi connectivity index (χ3v) is 3.06. The van der Waals surface area contributed by atoms with Crippen molar-refractivity contribution in [3.63, 3.8) is 0 Å². The minimum Gasteiger partial charge on any atom is -0.377 e. The molecule has 0 aliphatic rings. The Kier molecular flexibility index (Phi) is 4.12. The maximum absolute atomic E-state index is 12.7. The van der Waals surface area contributed by atoms with Crippen molar-refractivity contribution in [3.8, 4) is 0 Å². The number of hydrogen-bond donors (Lipinski definition) is 2. The van der Waals surface area contributed by atoms with Gasteiger partial charge in [-0.25, -0.2) is 0 Å². The van der Waals surface area contributed by atoms with Gasteiger partial charge >= 0.3 is 12.4 Å². The molecule has 120 valence electrons. The Morgan fingerprint density at radius 1 is 0.955 bits per heavy atom. The third kappa shape index (κ3) is 3.75. The number of aromatic amines is 1. The van der Waals surface area contributed by atoms with E-state index in [-0.39, 0.29) is 11.8 Å². The van der Waals surface area contributed by atoms with Gasteiger partial charge in [0.2, 0.25) is 0 Å². The first-order valence-electron chi connectivity index (χ1n) is 6.26. The summed E-state index contributed by atoms with van der Waals surface area (Å²) in [5.41, 5.74) is -2.29. The molecule has 1 aromatic carbocycles. The summed E-state index contributed by atoms with van der Waals surface area (Å²) in [6.45, 7) is 1.62. The van der Waals surface area contributed by atoms with E-state index >= 15 is 0 Å². The average molecular weight is 322 g/mol. The first-order chi connectivity index (χ1) is 10.1. The van der Waals surface area contributed by atoms with E-state index in [0.717, 1.165) is 0 Å². The molecule has 0 fully saturated rings. The highest BCUT2D eigenvalue weighted by Gasteiger charge is 2.37. The largest absolute Gasteiger partial charge is 0.416 e. The molecule has 0 radical (unpaired) electrons. The van der Waals surface area contributed by atoms with Crippen molar-refractivity contribution in [2.45, 2.75) is 25.3 Å². The zero-order valence-corrected chi connectivity index (χ0v) is 11.3. The van der Waals surface area contributed by atoms with Crippen LogP contribution in [0.3, 0.4) is 0 Å². The first-order valence-corrected chi connectivity index (χ1v) is 6.26. The molecule has 0 spiro atoms. The number of halogens is 6. The highest BCUT2D eigenvalue weighted by Crippen LogP contribution is 2.38. The lowest BCUT2D eigenvalue weighted by Crippen LogP contribution is -2.13. The minimum atomic E-state index is -4.85. The molecule has 1 atom stereocenters. The molecule has 0 saturated carbocycles. The zero-order chi connectivity index (χ0) is 16.5. The van der Waals surface area contributed by atoms with E-state index in [4.69, 9.17) is 0 Å². The zero-order valence-electron chi connectivity index (χ0n) is 11.3. The summed E-state index contributed by atoms with van der Waals surface area (Å²) in [4.78, 5) is 2.84. The summed E-state index contributed by atoms with van der Waals surface area (Å²) in [5.74, 6) is 0. The quantitative estimate of drug-likeness (QED) is 0.745. The lowest BCUT2D eigenvalue weighted by atomic mass is 10.1. The van der Waals surface area contributed by atoms with Crippen LogP contribution in [0.5, 0.6) is 0 Å². The van der Waals surface area contributed by atoms with Crippen LogP contribution in [0.2, 0.25) is 0 Å². The normalized spacial score (nSPS) is 14.0. The van der Waals surface area contributed by atoms with Crippen molar-refractivity contribution >= 4 is 5.69 Å². The SMILES string of the molecule is CC(Nc1cc(C(F)(F)F)cc(C(F)(F)F)c1)c1ccc[nH]1. The summed E-state index contributed by atoms with van der Waals surface area (Å²) < 4.78 is 76.5. The second-order valence-electron chi connectivity index (χ2n) is 4.79. The third-order valence-electron chi connectivity index (χ3n) is 3.06. The summed E-state index contributed by atoms with van der Waals surface area (Å²) in [7, 11) is 0. The molecule has 0 aliphatic carbocycles. The lowest BCUT2D eigenvalue weighted by molar-refractivity contribution is -0.143. The van der Waals surface area contributed by atoms with E-state index in [9.17, 15) is 26.3 Å². The van der Waals surface area contributed by atoms with Crippen LogP contribution in [0.25, 0.3) is 0 Å². The maximum Gasteiger partial charge on any atom is 0.416 e. The predicted molar refractivity (Wildman–Crippen MR) is 69.3 cm³/mol. The molecule has 2 nitrogen and oxygen atoms in total. The number of alkyl halides is 6. The number of benzene rings is 1. The molecule has 2 aromatic rings. The summed E-state index contributed by atoms with van der Waals surface area (Å²) >= 11 is 0. The summed E-state index contributed by atoms with van der Waals surface area (Å²) in [6.07, 6.45) is -8.10. The van der Waals surface area contributed by atoms with Crippen LogP contribution in [-0.2, 0) is 12.4 Å². The fraction of sp³-hybridized carbons (Fsp3) is 0.286. The number of H-pyrrole nitrogens is 1. The van der Waals surface area contributed by atoms with Crippen LogP contribution in [0.4, 0.5) is 32.0 Å². The molecule has 0 bridgehead atoms.